The van der Waals surface area contributed by atoms with Gasteiger partial charge in [0, 0.05) is 69.7 Å². The quantitative estimate of drug-likeness (QED) is 0.224. The van der Waals surface area contributed by atoms with Gasteiger partial charge in [-0.1, -0.05) is 59.2 Å². The van der Waals surface area contributed by atoms with Gasteiger partial charge in [-0.2, -0.15) is 0 Å². The van der Waals surface area contributed by atoms with Crippen molar-refractivity contribution in [2.45, 2.75) is 10.9 Å². The molecule has 3 aromatic rings. The first-order chi connectivity index (χ1) is 19.0. The molecule has 3 heterocycles. The van der Waals surface area contributed by atoms with Crippen LogP contribution in [0, 0.1) is 0 Å². The first kappa shape index (κ1) is 28.0. The molecule has 2 aliphatic rings. The van der Waals surface area contributed by atoms with Gasteiger partial charge in [-0.25, -0.2) is 9.97 Å². The number of nitrogens with zero attached hydrogens (tertiary/aromatic N) is 5. The Morgan fingerprint density at radius 1 is 0.923 bits per heavy atom. The van der Waals surface area contributed by atoms with Crippen LogP contribution in [0.4, 0.5) is 11.5 Å². The minimum Gasteiger partial charge on any atom is -0.379 e. The zero-order valence-electron chi connectivity index (χ0n) is 21.7. The van der Waals surface area contributed by atoms with Gasteiger partial charge in [-0.05, 0) is 29.8 Å². The number of thioether (sulfide) groups is 1. The molecule has 0 unspecified atom stereocenters. The predicted octanol–water partition coefficient (Wildman–Crippen LogP) is 4.46. The summed E-state index contributed by atoms with van der Waals surface area (Å²) in [5.74, 6) is 1.40. The number of carbonyl (C=O) groups excluding carboxylic acids is 1. The molecule has 0 spiro atoms. The van der Waals surface area contributed by atoms with Crippen LogP contribution < -0.4 is 15.1 Å². The summed E-state index contributed by atoms with van der Waals surface area (Å²) in [7, 11) is 0. The fourth-order valence-corrected chi connectivity index (χ4v) is 5.98. The molecule has 0 atom stereocenters. The smallest absolute Gasteiger partial charge is 0.251 e. The van der Waals surface area contributed by atoms with E-state index in [9.17, 15) is 4.79 Å². The fraction of sp³-hybridized carbons (Fsp3) is 0.393. The standard InChI is InChI=1S/C28H32Cl2N6O2S/c29-23-6-1-2-7-24(23)35-10-12-36(13-11-35)26-19-25(30)32-28(33-26)39-20-21-4-3-5-22(18-21)27(37)31-8-9-34-14-16-38-17-15-34/h1-7,18-19H,8-17,20H2,(H,31,37). The lowest BCUT2D eigenvalue weighted by atomic mass is 10.1. The van der Waals surface area contributed by atoms with Gasteiger partial charge >= 0.3 is 0 Å². The van der Waals surface area contributed by atoms with Crippen LogP contribution in [-0.2, 0) is 10.5 Å². The largest absolute Gasteiger partial charge is 0.379 e. The number of anilines is 2. The molecule has 39 heavy (non-hydrogen) atoms. The lowest BCUT2D eigenvalue weighted by Crippen LogP contribution is -2.47. The molecule has 2 fully saturated rings. The predicted molar refractivity (Wildman–Crippen MR) is 159 cm³/mol. The van der Waals surface area contributed by atoms with E-state index in [-0.39, 0.29) is 5.91 Å². The molecule has 0 saturated carbocycles. The van der Waals surface area contributed by atoms with E-state index in [1.54, 1.807) is 0 Å². The number of piperazine rings is 1. The molecule has 5 rings (SSSR count). The SMILES string of the molecule is O=C(NCCN1CCOCC1)c1cccc(CSc2nc(Cl)cc(N3CCN(c4ccccc4Cl)CC3)n2)c1. The lowest BCUT2D eigenvalue weighted by Gasteiger charge is -2.37. The van der Waals surface area contributed by atoms with Crippen molar-refractivity contribution in [1.29, 1.82) is 0 Å². The number of benzene rings is 2. The summed E-state index contributed by atoms with van der Waals surface area (Å²) in [6.45, 7) is 8.08. The van der Waals surface area contributed by atoms with Crippen LogP contribution in [0.1, 0.15) is 15.9 Å². The summed E-state index contributed by atoms with van der Waals surface area (Å²) >= 11 is 14.3. The average molecular weight is 588 g/mol. The van der Waals surface area contributed by atoms with Crippen LogP contribution >= 0.6 is 35.0 Å². The number of halogens is 2. The van der Waals surface area contributed by atoms with Crippen LogP contribution in [0.5, 0.6) is 0 Å². The number of nitrogens with one attached hydrogen (secondary N) is 1. The van der Waals surface area contributed by atoms with Crippen molar-refractivity contribution in [1.82, 2.24) is 20.2 Å². The van der Waals surface area contributed by atoms with Gasteiger partial charge in [-0.3, -0.25) is 9.69 Å². The fourth-order valence-electron chi connectivity index (χ4n) is 4.70. The van der Waals surface area contributed by atoms with Gasteiger partial charge in [0.25, 0.3) is 5.91 Å². The molecule has 1 aromatic heterocycles. The van der Waals surface area contributed by atoms with Crippen molar-refractivity contribution in [3.63, 3.8) is 0 Å². The maximum Gasteiger partial charge on any atom is 0.251 e. The Kier molecular flexibility index (Phi) is 9.81. The second-order valence-electron chi connectivity index (χ2n) is 9.46. The van der Waals surface area contributed by atoms with Gasteiger partial charge in [0.1, 0.15) is 11.0 Å². The number of para-hydroxylation sites is 1. The van der Waals surface area contributed by atoms with Gasteiger partial charge in [0.05, 0.1) is 23.9 Å². The molecule has 2 aromatic carbocycles. The zero-order chi connectivity index (χ0) is 27.0. The third-order valence-electron chi connectivity index (χ3n) is 6.83. The van der Waals surface area contributed by atoms with Gasteiger partial charge < -0.3 is 19.9 Å². The van der Waals surface area contributed by atoms with E-state index in [1.165, 1.54) is 11.8 Å². The molecule has 11 heteroatoms. The highest BCUT2D eigenvalue weighted by Gasteiger charge is 2.21. The summed E-state index contributed by atoms with van der Waals surface area (Å²) in [6, 6.07) is 17.4. The second-order valence-corrected chi connectivity index (χ2v) is 11.2. The number of hydrogen-bond donors (Lipinski definition) is 1. The maximum absolute atomic E-state index is 12.7. The Hall–Kier alpha value is -2.56. The molecule has 0 radical (unpaired) electrons. The molecule has 2 aliphatic heterocycles. The van der Waals surface area contributed by atoms with Gasteiger partial charge in [0.2, 0.25) is 0 Å². The molecule has 1 N–H and O–H groups in total. The van der Waals surface area contributed by atoms with Crippen molar-refractivity contribution in [3.8, 4) is 0 Å². The Morgan fingerprint density at radius 2 is 1.69 bits per heavy atom. The summed E-state index contributed by atoms with van der Waals surface area (Å²) in [6.07, 6.45) is 0. The van der Waals surface area contributed by atoms with Crippen LogP contribution in [0.15, 0.2) is 59.8 Å². The zero-order valence-corrected chi connectivity index (χ0v) is 24.0. The number of carbonyl (C=O) groups is 1. The number of amides is 1. The van der Waals surface area contributed by atoms with Crippen LogP contribution in [0.3, 0.4) is 0 Å². The molecule has 8 nitrogen and oxygen atoms in total. The summed E-state index contributed by atoms with van der Waals surface area (Å²) in [5.41, 5.74) is 2.74. The first-order valence-electron chi connectivity index (χ1n) is 13.1. The van der Waals surface area contributed by atoms with E-state index in [1.807, 2.05) is 48.5 Å². The molecular weight excluding hydrogens is 555 g/mol. The summed E-state index contributed by atoms with van der Waals surface area (Å²) in [4.78, 5) is 28.7. The average Bonchev–Trinajstić information content (AvgIpc) is 2.97. The topological polar surface area (TPSA) is 73.8 Å². The Labute approximate surface area is 243 Å². The Morgan fingerprint density at radius 3 is 2.49 bits per heavy atom. The van der Waals surface area contributed by atoms with Crippen molar-refractivity contribution >= 4 is 52.4 Å². The Balaban J connectivity index is 1.14. The third-order valence-corrected chi connectivity index (χ3v) is 8.26. The van der Waals surface area contributed by atoms with E-state index in [2.05, 4.69) is 31.1 Å². The molecule has 1 amide bonds. The minimum absolute atomic E-state index is 0.0627. The molecule has 206 valence electrons. The second kappa shape index (κ2) is 13.7. The van der Waals surface area contributed by atoms with Crippen molar-refractivity contribution < 1.29 is 9.53 Å². The molecular formula is C28H32Cl2N6O2S. The minimum atomic E-state index is -0.0627. The van der Waals surface area contributed by atoms with Crippen LogP contribution in [-0.4, -0.2) is 86.3 Å². The van der Waals surface area contributed by atoms with E-state index < -0.39 is 0 Å². The highest BCUT2D eigenvalue weighted by atomic mass is 35.5. The summed E-state index contributed by atoms with van der Waals surface area (Å²) < 4.78 is 5.38. The number of hydrogen-bond acceptors (Lipinski definition) is 8. The highest BCUT2D eigenvalue weighted by molar-refractivity contribution is 7.98. The summed E-state index contributed by atoms with van der Waals surface area (Å²) in [5, 5.41) is 4.83. The van der Waals surface area contributed by atoms with E-state index in [0.717, 1.165) is 81.1 Å². The third kappa shape index (κ3) is 7.77. The number of morpholine rings is 1. The Bertz CT molecular complexity index is 1270. The molecule has 2 saturated heterocycles. The lowest BCUT2D eigenvalue weighted by molar-refractivity contribution is 0.0383. The van der Waals surface area contributed by atoms with Crippen LogP contribution in [0.2, 0.25) is 10.2 Å². The van der Waals surface area contributed by atoms with E-state index in [4.69, 9.17) is 32.9 Å². The van der Waals surface area contributed by atoms with Gasteiger partial charge in [-0.15, -0.1) is 0 Å². The van der Waals surface area contributed by atoms with Crippen molar-refractivity contribution in [2.75, 3.05) is 75.4 Å². The van der Waals surface area contributed by atoms with Crippen molar-refractivity contribution in [2.24, 2.45) is 0 Å². The van der Waals surface area contributed by atoms with E-state index in [0.29, 0.717) is 28.2 Å². The normalized spacial score (nSPS) is 16.4. The number of aromatic nitrogens is 2. The van der Waals surface area contributed by atoms with Gasteiger partial charge in [0.15, 0.2) is 5.16 Å². The molecule has 0 aliphatic carbocycles. The highest BCUT2D eigenvalue weighted by Crippen LogP contribution is 2.29. The molecule has 0 bridgehead atoms. The van der Waals surface area contributed by atoms with Crippen molar-refractivity contribution in [3.05, 3.63) is 75.9 Å². The monoisotopic (exact) mass is 586 g/mol. The number of ether oxygens (including phenoxy) is 1. The van der Waals surface area contributed by atoms with Crippen LogP contribution in [0.25, 0.3) is 0 Å². The number of rotatable bonds is 9. The first-order valence-corrected chi connectivity index (χ1v) is 14.9. The maximum atomic E-state index is 12.7. The van der Waals surface area contributed by atoms with E-state index >= 15 is 0 Å².